The average Bonchev–Trinajstić information content (AvgIpc) is 2.64. The van der Waals surface area contributed by atoms with Crippen LogP contribution in [0.4, 0.5) is 0 Å². The van der Waals surface area contributed by atoms with Crippen LogP contribution in [0, 0.1) is 0 Å². The molecular weight excluding hydrogens is 388 g/mol. The Labute approximate surface area is 173 Å². The van der Waals surface area contributed by atoms with E-state index in [1.807, 2.05) is 31.2 Å². The van der Waals surface area contributed by atoms with Gasteiger partial charge in [-0.2, -0.15) is 0 Å². The lowest BCUT2D eigenvalue weighted by Gasteiger charge is -2.20. The van der Waals surface area contributed by atoms with Gasteiger partial charge in [-0.15, -0.1) is 0 Å². The van der Waals surface area contributed by atoms with Crippen molar-refractivity contribution in [1.29, 1.82) is 0 Å². The first-order valence-electron chi connectivity index (χ1n) is 9.57. The van der Waals surface area contributed by atoms with Gasteiger partial charge in [-0.25, -0.2) is 13.1 Å². The minimum atomic E-state index is -3.56. The molecule has 2 rings (SSSR count). The molecule has 2 aromatic rings. The van der Waals surface area contributed by atoms with Crippen LogP contribution in [0.15, 0.2) is 53.4 Å². The highest BCUT2D eigenvalue weighted by atomic mass is 32.2. The van der Waals surface area contributed by atoms with Crippen molar-refractivity contribution in [3.05, 3.63) is 59.7 Å². The Morgan fingerprint density at radius 2 is 1.69 bits per heavy atom. The van der Waals surface area contributed by atoms with Crippen molar-refractivity contribution in [2.24, 2.45) is 0 Å². The van der Waals surface area contributed by atoms with E-state index in [9.17, 15) is 13.2 Å². The van der Waals surface area contributed by atoms with Gasteiger partial charge in [-0.3, -0.25) is 4.79 Å². The van der Waals surface area contributed by atoms with Crippen LogP contribution in [-0.2, 0) is 21.2 Å². The number of ether oxygens (including phenoxy) is 1. The maximum absolute atomic E-state index is 12.3. The normalized spacial score (nSPS) is 13.0. The summed E-state index contributed by atoms with van der Waals surface area (Å²) in [5.74, 6) is 0.662. The third-order valence-electron chi connectivity index (χ3n) is 4.30. The van der Waals surface area contributed by atoms with Gasteiger partial charge in [0.2, 0.25) is 15.9 Å². The third kappa shape index (κ3) is 6.87. The standard InChI is InChI=1S/C22H30N2O4S/c1-16(19-8-6-7-9-20(19)28-5)23-21(25)15-12-17-10-13-18(14-11-17)29(26,27)24-22(2,3)4/h6-11,13-14,16,24H,12,15H2,1-5H3,(H,23,25)/t16-/m0/s1. The average molecular weight is 419 g/mol. The maximum atomic E-state index is 12.3. The fraction of sp³-hybridized carbons (Fsp3) is 0.409. The number of carbonyl (C=O) groups is 1. The van der Waals surface area contributed by atoms with Crippen LogP contribution >= 0.6 is 0 Å². The Morgan fingerprint density at radius 3 is 2.28 bits per heavy atom. The molecule has 1 amide bonds. The van der Waals surface area contributed by atoms with Gasteiger partial charge in [-0.1, -0.05) is 30.3 Å². The number of amides is 1. The molecule has 0 aliphatic heterocycles. The molecule has 0 unspecified atom stereocenters. The molecule has 29 heavy (non-hydrogen) atoms. The first-order chi connectivity index (χ1) is 13.5. The van der Waals surface area contributed by atoms with Crippen LogP contribution in [0.5, 0.6) is 5.75 Å². The SMILES string of the molecule is COc1ccccc1[C@H](C)NC(=O)CCc1ccc(S(=O)(=O)NC(C)(C)C)cc1. The van der Waals surface area contributed by atoms with Crippen molar-refractivity contribution in [3.63, 3.8) is 0 Å². The smallest absolute Gasteiger partial charge is 0.241 e. The number of methoxy groups -OCH3 is 1. The Kier molecular flexibility index (Phi) is 7.43. The molecular formula is C22H30N2O4S. The molecule has 0 bridgehead atoms. The first-order valence-corrected chi connectivity index (χ1v) is 11.1. The van der Waals surface area contributed by atoms with E-state index in [1.54, 1.807) is 52.1 Å². The second kappa shape index (κ2) is 9.41. The summed E-state index contributed by atoms with van der Waals surface area (Å²) in [5, 5.41) is 2.98. The fourth-order valence-corrected chi connectivity index (χ4v) is 4.39. The second-order valence-corrected chi connectivity index (χ2v) is 9.71. The minimum absolute atomic E-state index is 0.0745. The molecule has 0 saturated carbocycles. The number of carbonyl (C=O) groups excluding carboxylic acids is 1. The summed E-state index contributed by atoms with van der Waals surface area (Å²) in [5.41, 5.74) is 1.28. The van der Waals surface area contributed by atoms with Gasteiger partial charge in [0.15, 0.2) is 0 Å². The highest BCUT2D eigenvalue weighted by molar-refractivity contribution is 7.89. The Hall–Kier alpha value is -2.38. The predicted molar refractivity (Wildman–Crippen MR) is 114 cm³/mol. The summed E-state index contributed by atoms with van der Waals surface area (Å²) >= 11 is 0. The molecule has 0 aromatic heterocycles. The van der Waals surface area contributed by atoms with Gasteiger partial charge in [0.05, 0.1) is 18.0 Å². The molecule has 7 heteroatoms. The second-order valence-electron chi connectivity index (χ2n) is 8.03. The number of para-hydroxylation sites is 1. The number of rotatable bonds is 8. The number of hydrogen-bond acceptors (Lipinski definition) is 4. The van der Waals surface area contributed by atoms with Crippen molar-refractivity contribution in [3.8, 4) is 5.75 Å². The van der Waals surface area contributed by atoms with Crippen molar-refractivity contribution < 1.29 is 17.9 Å². The molecule has 158 valence electrons. The summed E-state index contributed by atoms with van der Waals surface area (Å²) in [6, 6.07) is 14.0. The van der Waals surface area contributed by atoms with E-state index in [1.165, 1.54) is 0 Å². The molecule has 0 spiro atoms. The van der Waals surface area contributed by atoms with Crippen LogP contribution in [0.25, 0.3) is 0 Å². The van der Waals surface area contributed by atoms with Gasteiger partial charge >= 0.3 is 0 Å². The molecule has 1 atom stereocenters. The van der Waals surface area contributed by atoms with Crippen LogP contribution < -0.4 is 14.8 Å². The topological polar surface area (TPSA) is 84.5 Å². The van der Waals surface area contributed by atoms with E-state index >= 15 is 0 Å². The maximum Gasteiger partial charge on any atom is 0.241 e. The zero-order valence-corrected chi connectivity index (χ0v) is 18.5. The summed E-state index contributed by atoms with van der Waals surface area (Å²) in [6.45, 7) is 7.30. The summed E-state index contributed by atoms with van der Waals surface area (Å²) in [4.78, 5) is 12.5. The van der Waals surface area contributed by atoms with E-state index < -0.39 is 15.6 Å². The van der Waals surface area contributed by atoms with Gasteiger partial charge in [0.25, 0.3) is 0 Å². The first kappa shape index (κ1) is 22.9. The van der Waals surface area contributed by atoms with Crippen LogP contribution in [0.3, 0.4) is 0 Å². The van der Waals surface area contributed by atoms with E-state index in [4.69, 9.17) is 4.74 Å². The molecule has 0 fully saturated rings. The van der Waals surface area contributed by atoms with Gasteiger partial charge in [0, 0.05) is 17.5 Å². The zero-order chi connectivity index (χ0) is 21.7. The number of benzene rings is 2. The largest absolute Gasteiger partial charge is 0.496 e. The molecule has 0 radical (unpaired) electrons. The number of hydrogen-bond donors (Lipinski definition) is 2. The van der Waals surface area contributed by atoms with Gasteiger partial charge in [0.1, 0.15) is 5.75 Å². The summed E-state index contributed by atoms with van der Waals surface area (Å²) in [6.07, 6.45) is 0.837. The number of nitrogens with one attached hydrogen (secondary N) is 2. The van der Waals surface area contributed by atoms with Gasteiger partial charge < -0.3 is 10.1 Å². The monoisotopic (exact) mass is 418 g/mol. The van der Waals surface area contributed by atoms with E-state index in [2.05, 4.69) is 10.0 Å². The Bertz CT molecular complexity index is 932. The number of sulfonamides is 1. The van der Waals surface area contributed by atoms with Crippen LogP contribution in [-0.4, -0.2) is 27.0 Å². The molecule has 2 aromatic carbocycles. The number of aryl methyl sites for hydroxylation is 1. The molecule has 0 saturated heterocycles. The fourth-order valence-electron chi connectivity index (χ4n) is 2.97. The van der Waals surface area contributed by atoms with Gasteiger partial charge in [-0.05, 0) is 57.9 Å². The zero-order valence-electron chi connectivity index (χ0n) is 17.7. The van der Waals surface area contributed by atoms with Crippen molar-refractivity contribution in [2.45, 2.75) is 57.0 Å². The van der Waals surface area contributed by atoms with E-state index in [0.29, 0.717) is 12.8 Å². The highest BCUT2D eigenvalue weighted by Gasteiger charge is 2.21. The third-order valence-corrected chi connectivity index (χ3v) is 6.07. The summed E-state index contributed by atoms with van der Waals surface area (Å²) in [7, 11) is -1.95. The quantitative estimate of drug-likeness (QED) is 0.686. The van der Waals surface area contributed by atoms with E-state index in [-0.39, 0.29) is 16.8 Å². The molecule has 0 aliphatic carbocycles. The molecule has 0 heterocycles. The molecule has 6 nitrogen and oxygen atoms in total. The van der Waals surface area contributed by atoms with Crippen LogP contribution in [0.1, 0.15) is 51.3 Å². The van der Waals surface area contributed by atoms with Crippen molar-refractivity contribution >= 4 is 15.9 Å². The van der Waals surface area contributed by atoms with Crippen molar-refractivity contribution in [2.75, 3.05) is 7.11 Å². The van der Waals surface area contributed by atoms with Crippen molar-refractivity contribution in [1.82, 2.24) is 10.0 Å². The minimum Gasteiger partial charge on any atom is -0.496 e. The highest BCUT2D eigenvalue weighted by Crippen LogP contribution is 2.24. The molecule has 0 aliphatic rings. The lowest BCUT2D eigenvalue weighted by atomic mass is 10.1. The Balaban J connectivity index is 1.94. The summed E-state index contributed by atoms with van der Waals surface area (Å²) < 4.78 is 32.7. The van der Waals surface area contributed by atoms with Crippen LogP contribution in [0.2, 0.25) is 0 Å². The lowest BCUT2D eigenvalue weighted by Crippen LogP contribution is -2.40. The Morgan fingerprint density at radius 1 is 1.07 bits per heavy atom. The van der Waals surface area contributed by atoms with E-state index in [0.717, 1.165) is 16.9 Å². The lowest BCUT2D eigenvalue weighted by molar-refractivity contribution is -0.121. The molecule has 2 N–H and O–H groups in total. The predicted octanol–water partition coefficient (Wildman–Crippen LogP) is 3.58.